The summed E-state index contributed by atoms with van der Waals surface area (Å²) in [5.41, 5.74) is 3.56. The van der Waals surface area contributed by atoms with Gasteiger partial charge in [0, 0.05) is 56.4 Å². The van der Waals surface area contributed by atoms with E-state index in [1.807, 2.05) is 127 Å². The summed E-state index contributed by atoms with van der Waals surface area (Å²) in [6, 6.07) is 41.8. The fourth-order valence-electron chi connectivity index (χ4n) is 10.6. The zero-order valence-corrected chi connectivity index (χ0v) is 37.1. The number of amides is 2. The lowest BCUT2D eigenvalue weighted by Crippen LogP contribution is -2.58. The molecule has 2 amide bonds. The van der Waals surface area contributed by atoms with Gasteiger partial charge in [-0.05, 0) is 71.3 Å². The summed E-state index contributed by atoms with van der Waals surface area (Å²) in [6.07, 6.45) is 2.58. The van der Waals surface area contributed by atoms with Crippen LogP contribution in [-0.2, 0) is 31.1 Å². The predicted octanol–water partition coefficient (Wildman–Crippen LogP) is 5.95. The first-order valence-corrected chi connectivity index (χ1v) is 22.7. The molecule has 3 saturated heterocycles. The number of aromatic nitrogens is 2. The van der Waals surface area contributed by atoms with Gasteiger partial charge in [-0.1, -0.05) is 115 Å². The molecule has 4 aliphatic rings. The standard InChI is InChI=1S/C54H51N7O6/c1-58(36-38-14-5-2-6-15-38)27-12-16-37-23-24-44-43(34-37)54(52(65)57-44)45(50(63)59-28-30-60(31-29-59)53-55-25-13-26-56-53)47-51(64)67-48(40-19-9-4-10-20-40)46(39-17-7-3-8-18-39)61(47)49(54)41-21-11-22-42(35-41)66-33-32-62/h2-11,13-15,17-26,34-35,45-49,62H,27-33,36H2,1H3,(H,57,65)/t45-,46-,47-,48+,49+,54-/m1/s1. The summed E-state index contributed by atoms with van der Waals surface area (Å²) in [5.74, 6) is 5.18. The lowest BCUT2D eigenvalue weighted by Gasteiger charge is -2.46. The number of anilines is 2. The first-order valence-electron chi connectivity index (χ1n) is 22.7. The average molecular weight is 894 g/mol. The van der Waals surface area contributed by atoms with E-state index in [0.717, 1.165) is 17.7 Å². The lowest BCUT2D eigenvalue weighted by atomic mass is 9.65. The Kier molecular flexibility index (Phi) is 12.2. The minimum absolute atomic E-state index is 0.0493. The van der Waals surface area contributed by atoms with E-state index in [2.05, 4.69) is 49.1 Å². The van der Waals surface area contributed by atoms with Crippen LogP contribution in [0.3, 0.4) is 0 Å². The van der Waals surface area contributed by atoms with Crippen molar-refractivity contribution in [3.05, 3.63) is 185 Å². The van der Waals surface area contributed by atoms with Gasteiger partial charge in [-0.25, -0.2) is 9.97 Å². The number of aliphatic hydroxyl groups is 1. The molecule has 1 aromatic heterocycles. The van der Waals surface area contributed by atoms with Crippen LogP contribution < -0.4 is 15.0 Å². The monoisotopic (exact) mass is 893 g/mol. The van der Waals surface area contributed by atoms with Crippen molar-refractivity contribution in [3.8, 4) is 17.6 Å². The number of benzene rings is 5. The lowest BCUT2D eigenvalue weighted by molar-refractivity contribution is -0.179. The van der Waals surface area contributed by atoms with Crippen LogP contribution in [0.25, 0.3) is 0 Å². The second-order valence-electron chi connectivity index (χ2n) is 17.4. The fraction of sp³-hybridized carbons (Fsp3) is 0.278. The summed E-state index contributed by atoms with van der Waals surface area (Å²) in [6.45, 7) is 2.58. The number of carbonyl (C=O) groups excluding carboxylic acids is 3. The van der Waals surface area contributed by atoms with E-state index >= 15 is 14.4 Å². The number of esters is 1. The number of cyclic esters (lactones) is 1. The largest absolute Gasteiger partial charge is 0.491 e. The molecule has 1 spiro atoms. The number of fused-ring (bicyclic) bond motifs is 3. The number of nitrogens with zero attached hydrogens (tertiary/aromatic N) is 6. The fourth-order valence-corrected chi connectivity index (χ4v) is 10.6. The van der Waals surface area contributed by atoms with E-state index in [1.165, 1.54) is 5.56 Å². The van der Waals surface area contributed by atoms with E-state index in [1.54, 1.807) is 29.4 Å². The van der Waals surface area contributed by atoms with Gasteiger partial charge in [0.05, 0.1) is 31.2 Å². The third-order valence-corrected chi connectivity index (χ3v) is 13.4. The first kappa shape index (κ1) is 43.5. The zero-order valence-electron chi connectivity index (χ0n) is 37.1. The molecule has 0 bridgehead atoms. The number of carbonyl (C=O) groups is 3. The maximum absolute atomic E-state index is 16.0. The first-order chi connectivity index (χ1) is 32.8. The highest BCUT2D eigenvalue weighted by Gasteiger charge is 2.74. The summed E-state index contributed by atoms with van der Waals surface area (Å²) in [7, 11) is 2.02. The molecule has 6 atom stereocenters. The normalized spacial score (nSPS) is 23.2. The Balaban J connectivity index is 1.15. The van der Waals surface area contributed by atoms with E-state index in [0.29, 0.717) is 66.8 Å². The van der Waals surface area contributed by atoms with Gasteiger partial charge in [0.1, 0.15) is 29.9 Å². The molecular weight excluding hydrogens is 843 g/mol. The van der Waals surface area contributed by atoms with Crippen LogP contribution in [0.5, 0.6) is 5.75 Å². The number of aliphatic hydroxyl groups excluding tert-OH is 1. The molecule has 13 nitrogen and oxygen atoms in total. The van der Waals surface area contributed by atoms with Crippen molar-refractivity contribution >= 4 is 29.4 Å². The van der Waals surface area contributed by atoms with Crippen LogP contribution >= 0.6 is 0 Å². The summed E-state index contributed by atoms with van der Waals surface area (Å²) in [5, 5.41) is 13.0. The van der Waals surface area contributed by atoms with Gasteiger partial charge < -0.3 is 29.7 Å². The summed E-state index contributed by atoms with van der Waals surface area (Å²) >= 11 is 0. The number of rotatable bonds is 11. The van der Waals surface area contributed by atoms with Crippen molar-refractivity contribution in [2.75, 3.05) is 63.2 Å². The zero-order chi connectivity index (χ0) is 45.9. The second-order valence-corrected chi connectivity index (χ2v) is 17.4. The minimum atomic E-state index is -1.69. The maximum atomic E-state index is 16.0. The van der Waals surface area contributed by atoms with Gasteiger partial charge in [0.15, 0.2) is 0 Å². The summed E-state index contributed by atoms with van der Waals surface area (Å²) < 4.78 is 12.7. The smallest absolute Gasteiger partial charge is 0.324 e. The molecule has 5 heterocycles. The second kappa shape index (κ2) is 18.9. The predicted molar refractivity (Wildman–Crippen MR) is 253 cm³/mol. The van der Waals surface area contributed by atoms with Crippen LogP contribution in [0, 0.1) is 17.8 Å². The van der Waals surface area contributed by atoms with Gasteiger partial charge in [-0.2, -0.15) is 0 Å². The SMILES string of the molecule is CN(CC#Cc1ccc2c(c1)[C@]1(C(=O)N2)[C@H](c2cccc(OCCO)c2)N2[C@H](c3ccccc3)[C@H](c3ccccc3)OC(=O)[C@H]2[C@@H]1C(=O)N1CCN(c2ncccn2)CC1)Cc1ccccc1. The third-order valence-electron chi connectivity index (χ3n) is 13.4. The Bertz CT molecular complexity index is 2800. The van der Waals surface area contributed by atoms with Crippen molar-refractivity contribution in [1.29, 1.82) is 0 Å². The van der Waals surface area contributed by atoms with Crippen molar-refractivity contribution in [2.24, 2.45) is 5.92 Å². The highest BCUT2D eigenvalue weighted by molar-refractivity contribution is 6.12. The molecule has 4 aliphatic heterocycles. The highest BCUT2D eigenvalue weighted by atomic mass is 16.6. The number of ether oxygens (including phenoxy) is 2. The van der Waals surface area contributed by atoms with E-state index in [4.69, 9.17) is 9.47 Å². The van der Waals surface area contributed by atoms with Gasteiger partial charge in [-0.3, -0.25) is 24.2 Å². The van der Waals surface area contributed by atoms with Crippen LogP contribution in [0.1, 0.15) is 51.6 Å². The summed E-state index contributed by atoms with van der Waals surface area (Å²) in [4.78, 5) is 64.1. The molecule has 2 N–H and O–H groups in total. The van der Waals surface area contributed by atoms with Gasteiger partial charge in [-0.15, -0.1) is 0 Å². The molecule has 0 unspecified atom stereocenters. The molecule has 0 radical (unpaired) electrons. The topological polar surface area (TPSA) is 141 Å². The molecule has 10 rings (SSSR count). The van der Waals surface area contributed by atoms with E-state index in [9.17, 15) is 5.11 Å². The van der Waals surface area contributed by atoms with Gasteiger partial charge >= 0.3 is 5.97 Å². The molecule has 0 aliphatic carbocycles. The van der Waals surface area contributed by atoms with Crippen LogP contribution in [0.2, 0.25) is 0 Å². The Labute approximate surface area is 390 Å². The molecule has 67 heavy (non-hydrogen) atoms. The molecule has 0 saturated carbocycles. The van der Waals surface area contributed by atoms with Crippen molar-refractivity contribution in [2.45, 2.75) is 36.2 Å². The van der Waals surface area contributed by atoms with Crippen LogP contribution in [-0.4, -0.2) is 107 Å². The number of morpholine rings is 1. The van der Waals surface area contributed by atoms with Crippen molar-refractivity contribution < 1.29 is 29.0 Å². The molecule has 6 aromatic rings. The van der Waals surface area contributed by atoms with E-state index in [-0.39, 0.29) is 19.1 Å². The number of piperazine rings is 1. The number of hydrogen-bond donors (Lipinski definition) is 2. The van der Waals surface area contributed by atoms with Gasteiger partial charge in [0.2, 0.25) is 17.8 Å². The number of hydrogen-bond acceptors (Lipinski definition) is 11. The van der Waals surface area contributed by atoms with Crippen molar-refractivity contribution in [1.82, 2.24) is 24.7 Å². The van der Waals surface area contributed by atoms with Crippen LogP contribution in [0.4, 0.5) is 11.6 Å². The average Bonchev–Trinajstić information content (AvgIpc) is 3.85. The minimum Gasteiger partial charge on any atom is -0.491 e. The Hall–Kier alpha value is -7.37. The van der Waals surface area contributed by atoms with Gasteiger partial charge in [0.25, 0.3) is 0 Å². The molecular formula is C54H51N7O6. The molecule has 5 aromatic carbocycles. The quantitative estimate of drug-likeness (QED) is 0.118. The Morgan fingerprint density at radius 2 is 1.51 bits per heavy atom. The van der Waals surface area contributed by atoms with Crippen molar-refractivity contribution in [3.63, 3.8) is 0 Å². The molecule has 13 heteroatoms. The molecule has 3 fully saturated rings. The van der Waals surface area contributed by atoms with E-state index < -0.39 is 47.4 Å². The molecule has 338 valence electrons. The Morgan fingerprint density at radius 3 is 2.22 bits per heavy atom. The third kappa shape index (κ3) is 8.18. The van der Waals surface area contributed by atoms with Crippen LogP contribution in [0.15, 0.2) is 152 Å². The number of nitrogens with one attached hydrogen (secondary N) is 1. The Morgan fingerprint density at radius 1 is 0.821 bits per heavy atom. The maximum Gasteiger partial charge on any atom is 0.324 e. The highest BCUT2D eigenvalue weighted by Crippen LogP contribution is 2.65.